The number of nitrogens with zero attached hydrogens (tertiary/aromatic N) is 5. The number of aromatic nitrogens is 3. The van der Waals surface area contributed by atoms with E-state index in [1.807, 2.05) is 31.3 Å². The molecule has 3 rings (SSSR count). The van der Waals surface area contributed by atoms with Crippen molar-refractivity contribution in [2.75, 3.05) is 27.2 Å². The SMILES string of the molecule is CCc1nncn1CCNC(=NCCc1ccc(OC)cc1)N(C)Cc1ccco1. The molecule has 30 heavy (non-hydrogen) atoms. The smallest absolute Gasteiger partial charge is 0.194 e. The lowest BCUT2D eigenvalue weighted by Crippen LogP contribution is -2.40. The number of aliphatic imine (C=N–C) groups is 1. The molecule has 0 saturated heterocycles. The summed E-state index contributed by atoms with van der Waals surface area (Å²) in [6, 6.07) is 12.0. The third kappa shape index (κ3) is 6.10. The van der Waals surface area contributed by atoms with E-state index >= 15 is 0 Å². The van der Waals surface area contributed by atoms with Crippen LogP contribution in [0.15, 0.2) is 58.4 Å². The molecule has 2 heterocycles. The van der Waals surface area contributed by atoms with E-state index in [0.29, 0.717) is 13.1 Å². The van der Waals surface area contributed by atoms with Crippen molar-refractivity contribution < 1.29 is 9.15 Å². The monoisotopic (exact) mass is 410 g/mol. The average molecular weight is 411 g/mol. The zero-order chi connectivity index (χ0) is 21.2. The van der Waals surface area contributed by atoms with E-state index in [1.54, 1.807) is 19.7 Å². The molecular formula is C22H30N6O2. The van der Waals surface area contributed by atoms with Crippen LogP contribution in [-0.4, -0.2) is 52.9 Å². The Hall–Kier alpha value is -3.29. The minimum absolute atomic E-state index is 0.647. The molecule has 0 saturated carbocycles. The highest BCUT2D eigenvalue weighted by atomic mass is 16.5. The van der Waals surface area contributed by atoms with Gasteiger partial charge in [0.2, 0.25) is 0 Å². The summed E-state index contributed by atoms with van der Waals surface area (Å²) in [5, 5.41) is 11.6. The number of hydrogen-bond acceptors (Lipinski definition) is 5. The quantitative estimate of drug-likeness (QED) is 0.409. The molecule has 0 atom stereocenters. The zero-order valence-electron chi connectivity index (χ0n) is 17.9. The molecule has 0 spiro atoms. The van der Waals surface area contributed by atoms with Crippen molar-refractivity contribution in [2.24, 2.45) is 4.99 Å². The van der Waals surface area contributed by atoms with Crippen molar-refractivity contribution in [1.29, 1.82) is 0 Å². The second kappa shape index (κ2) is 11.0. The fraction of sp³-hybridized carbons (Fsp3) is 0.409. The highest BCUT2D eigenvalue weighted by molar-refractivity contribution is 5.79. The summed E-state index contributed by atoms with van der Waals surface area (Å²) in [6.45, 7) is 4.92. The van der Waals surface area contributed by atoms with Gasteiger partial charge in [0.25, 0.3) is 0 Å². The molecule has 0 bridgehead atoms. The minimum Gasteiger partial charge on any atom is -0.497 e. The molecule has 0 fully saturated rings. The lowest BCUT2D eigenvalue weighted by atomic mass is 10.1. The van der Waals surface area contributed by atoms with Crippen molar-refractivity contribution in [2.45, 2.75) is 32.9 Å². The van der Waals surface area contributed by atoms with Gasteiger partial charge in [-0.2, -0.15) is 0 Å². The van der Waals surface area contributed by atoms with E-state index < -0.39 is 0 Å². The van der Waals surface area contributed by atoms with Crippen LogP contribution >= 0.6 is 0 Å². The second-order valence-corrected chi connectivity index (χ2v) is 6.96. The largest absolute Gasteiger partial charge is 0.497 e. The van der Waals surface area contributed by atoms with Gasteiger partial charge in [0.15, 0.2) is 5.96 Å². The van der Waals surface area contributed by atoms with E-state index in [-0.39, 0.29) is 0 Å². The van der Waals surface area contributed by atoms with Gasteiger partial charge < -0.3 is 23.9 Å². The lowest BCUT2D eigenvalue weighted by Gasteiger charge is -2.22. The van der Waals surface area contributed by atoms with Crippen LogP contribution in [0.4, 0.5) is 0 Å². The molecule has 3 aromatic rings. The van der Waals surface area contributed by atoms with Crippen molar-refractivity contribution in [3.8, 4) is 5.75 Å². The van der Waals surface area contributed by atoms with Crippen LogP contribution in [0, 0.1) is 0 Å². The summed E-state index contributed by atoms with van der Waals surface area (Å²) in [6.07, 6.45) is 5.18. The van der Waals surface area contributed by atoms with E-state index in [9.17, 15) is 0 Å². The number of nitrogens with one attached hydrogen (secondary N) is 1. The summed E-state index contributed by atoms with van der Waals surface area (Å²) in [5.74, 6) is 3.59. The van der Waals surface area contributed by atoms with Crippen LogP contribution in [0.25, 0.3) is 0 Å². The van der Waals surface area contributed by atoms with Crippen molar-refractivity contribution in [3.05, 3.63) is 66.1 Å². The van der Waals surface area contributed by atoms with Crippen molar-refractivity contribution in [3.63, 3.8) is 0 Å². The van der Waals surface area contributed by atoms with Gasteiger partial charge in [0.1, 0.15) is 23.7 Å². The van der Waals surface area contributed by atoms with Gasteiger partial charge in [-0.05, 0) is 36.2 Å². The Morgan fingerprint density at radius 3 is 2.80 bits per heavy atom. The van der Waals surface area contributed by atoms with Gasteiger partial charge in [0.05, 0.1) is 19.9 Å². The molecule has 1 N–H and O–H groups in total. The molecule has 0 amide bonds. The van der Waals surface area contributed by atoms with Gasteiger partial charge in [-0.1, -0.05) is 19.1 Å². The Bertz CT molecular complexity index is 902. The van der Waals surface area contributed by atoms with E-state index in [0.717, 1.165) is 49.2 Å². The van der Waals surface area contributed by atoms with Crippen LogP contribution < -0.4 is 10.1 Å². The first kappa shape index (κ1) is 21.4. The number of ether oxygens (including phenoxy) is 1. The number of furan rings is 1. The van der Waals surface area contributed by atoms with Gasteiger partial charge in [-0.25, -0.2) is 0 Å². The van der Waals surface area contributed by atoms with E-state index in [1.165, 1.54) is 5.56 Å². The van der Waals surface area contributed by atoms with Gasteiger partial charge in [-0.3, -0.25) is 4.99 Å². The van der Waals surface area contributed by atoms with Crippen LogP contribution in [-0.2, 0) is 25.9 Å². The number of hydrogen-bond donors (Lipinski definition) is 1. The number of methoxy groups -OCH3 is 1. The predicted molar refractivity (Wildman–Crippen MR) is 117 cm³/mol. The number of benzene rings is 1. The van der Waals surface area contributed by atoms with Crippen LogP contribution in [0.2, 0.25) is 0 Å². The molecule has 8 nitrogen and oxygen atoms in total. The standard InChI is InChI=1S/C22H30N6O2/c1-4-21-26-25-17-28(21)14-13-24-22(27(2)16-20-6-5-15-30-20)23-12-11-18-7-9-19(29-3)10-8-18/h5-10,15,17H,4,11-14,16H2,1-3H3,(H,23,24). The topological polar surface area (TPSA) is 80.7 Å². The summed E-state index contributed by atoms with van der Waals surface area (Å²) in [5.41, 5.74) is 1.23. The molecule has 0 aliphatic rings. The molecule has 0 radical (unpaired) electrons. The fourth-order valence-corrected chi connectivity index (χ4v) is 3.13. The molecule has 0 aliphatic heterocycles. The minimum atomic E-state index is 0.647. The number of guanidine groups is 1. The first-order valence-corrected chi connectivity index (χ1v) is 10.2. The Morgan fingerprint density at radius 1 is 1.27 bits per heavy atom. The Morgan fingerprint density at radius 2 is 2.10 bits per heavy atom. The fourth-order valence-electron chi connectivity index (χ4n) is 3.13. The molecular weight excluding hydrogens is 380 g/mol. The Balaban J connectivity index is 1.60. The van der Waals surface area contributed by atoms with Gasteiger partial charge in [0, 0.05) is 33.1 Å². The van der Waals surface area contributed by atoms with Crippen molar-refractivity contribution >= 4 is 5.96 Å². The number of rotatable bonds is 10. The second-order valence-electron chi connectivity index (χ2n) is 6.96. The molecule has 8 heteroatoms. The molecule has 1 aromatic carbocycles. The summed E-state index contributed by atoms with van der Waals surface area (Å²) in [7, 11) is 3.69. The van der Waals surface area contributed by atoms with Crippen molar-refractivity contribution in [1.82, 2.24) is 25.0 Å². The molecule has 0 aliphatic carbocycles. The summed E-state index contributed by atoms with van der Waals surface area (Å²) in [4.78, 5) is 6.89. The molecule has 2 aromatic heterocycles. The highest BCUT2D eigenvalue weighted by Gasteiger charge is 2.09. The zero-order valence-corrected chi connectivity index (χ0v) is 17.9. The maximum Gasteiger partial charge on any atom is 0.194 e. The van der Waals surface area contributed by atoms with E-state index in [2.05, 4.69) is 44.0 Å². The van der Waals surface area contributed by atoms with Gasteiger partial charge in [-0.15, -0.1) is 10.2 Å². The maximum atomic E-state index is 5.49. The summed E-state index contributed by atoms with van der Waals surface area (Å²) < 4.78 is 12.8. The summed E-state index contributed by atoms with van der Waals surface area (Å²) >= 11 is 0. The van der Waals surface area contributed by atoms with E-state index in [4.69, 9.17) is 14.1 Å². The average Bonchev–Trinajstić information content (AvgIpc) is 3.44. The third-order valence-corrected chi connectivity index (χ3v) is 4.80. The normalized spacial score (nSPS) is 11.5. The first-order valence-electron chi connectivity index (χ1n) is 10.2. The van der Waals surface area contributed by atoms with Crippen LogP contribution in [0.5, 0.6) is 5.75 Å². The number of aryl methyl sites for hydroxylation is 1. The van der Waals surface area contributed by atoms with Crippen LogP contribution in [0.3, 0.4) is 0 Å². The molecule has 0 unspecified atom stereocenters. The van der Waals surface area contributed by atoms with Crippen LogP contribution in [0.1, 0.15) is 24.1 Å². The highest BCUT2D eigenvalue weighted by Crippen LogP contribution is 2.12. The van der Waals surface area contributed by atoms with Gasteiger partial charge >= 0.3 is 0 Å². The predicted octanol–water partition coefficient (Wildman–Crippen LogP) is 2.76. The Kier molecular flexibility index (Phi) is 7.88. The Labute approximate surface area is 177 Å². The first-order chi connectivity index (χ1) is 14.7. The third-order valence-electron chi connectivity index (χ3n) is 4.80. The molecule has 160 valence electrons. The maximum absolute atomic E-state index is 5.49. The lowest BCUT2D eigenvalue weighted by molar-refractivity contribution is 0.398.